The van der Waals surface area contributed by atoms with Gasteiger partial charge in [0, 0.05) is 10.6 Å². The SMILES string of the molecule is CCOc1cc(C)c(-c2nc3ccccc3c(=O)n2N=Cc2cc(Br)c(OCc3ccc(Cl)cc3)c(OCC)c2)cc1C(C)C. The molecule has 0 amide bonds. The Labute approximate surface area is 276 Å². The molecule has 232 valence electrons. The van der Waals surface area contributed by atoms with Crippen LogP contribution in [-0.4, -0.2) is 29.1 Å². The summed E-state index contributed by atoms with van der Waals surface area (Å²) >= 11 is 9.68. The topological polar surface area (TPSA) is 74.9 Å². The van der Waals surface area contributed by atoms with Gasteiger partial charge in [0.25, 0.3) is 5.56 Å². The van der Waals surface area contributed by atoms with E-state index in [1.165, 1.54) is 4.68 Å². The second-order valence-corrected chi connectivity index (χ2v) is 12.1. The lowest BCUT2D eigenvalue weighted by Crippen LogP contribution is -2.21. The molecule has 5 aromatic rings. The van der Waals surface area contributed by atoms with Gasteiger partial charge in [0.2, 0.25) is 0 Å². The number of fused-ring (bicyclic) bond motifs is 1. The van der Waals surface area contributed by atoms with E-state index < -0.39 is 0 Å². The molecule has 0 atom stereocenters. The molecule has 0 unspecified atom stereocenters. The molecule has 0 aliphatic heterocycles. The van der Waals surface area contributed by atoms with Crippen molar-refractivity contribution in [1.29, 1.82) is 0 Å². The lowest BCUT2D eigenvalue weighted by Gasteiger charge is -2.18. The van der Waals surface area contributed by atoms with Crippen LogP contribution in [0, 0.1) is 6.92 Å². The van der Waals surface area contributed by atoms with Crippen LogP contribution in [0.15, 0.2) is 87.2 Å². The molecule has 0 spiro atoms. The summed E-state index contributed by atoms with van der Waals surface area (Å²) in [7, 11) is 0. The quantitative estimate of drug-likeness (QED) is 0.129. The minimum absolute atomic E-state index is 0.199. The molecule has 0 fully saturated rings. The molecule has 9 heteroatoms. The van der Waals surface area contributed by atoms with Gasteiger partial charge in [-0.3, -0.25) is 4.79 Å². The second-order valence-electron chi connectivity index (χ2n) is 10.8. The minimum Gasteiger partial charge on any atom is -0.494 e. The number of aryl methyl sites for hydroxylation is 1. The summed E-state index contributed by atoms with van der Waals surface area (Å²) in [5, 5.41) is 5.85. The number of para-hydroxylation sites is 1. The van der Waals surface area contributed by atoms with E-state index in [0.717, 1.165) is 28.0 Å². The zero-order chi connectivity index (χ0) is 32.1. The molecular formula is C36H35BrClN3O4. The van der Waals surface area contributed by atoms with E-state index in [1.54, 1.807) is 12.3 Å². The summed E-state index contributed by atoms with van der Waals surface area (Å²) in [4.78, 5) is 18.8. The molecule has 5 rings (SSSR count). The lowest BCUT2D eigenvalue weighted by molar-refractivity contribution is 0.267. The van der Waals surface area contributed by atoms with Gasteiger partial charge in [-0.2, -0.15) is 9.78 Å². The highest BCUT2D eigenvalue weighted by atomic mass is 79.9. The summed E-state index contributed by atoms with van der Waals surface area (Å²) in [5.41, 5.74) is 4.80. The van der Waals surface area contributed by atoms with E-state index in [2.05, 4.69) is 35.8 Å². The maximum atomic E-state index is 13.9. The third kappa shape index (κ3) is 7.24. The second kappa shape index (κ2) is 14.3. The molecule has 1 aromatic heterocycles. The summed E-state index contributed by atoms with van der Waals surface area (Å²) in [6.07, 6.45) is 1.63. The number of benzene rings is 4. The van der Waals surface area contributed by atoms with Gasteiger partial charge in [-0.1, -0.05) is 49.7 Å². The van der Waals surface area contributed by atoms with Crippen LogP contribution >= 0.6 is 27.5 Å². The van der Waals surface area contributed by atoms with Gasteiger partial charge in [0.15, 0.2) is 17.3 Å². The average Bonchev–Trinajstić information content (AvgIpc) is 3.01. The molecule has 0 aliphatic carbocycles. The van der Waals surface area contributed by atoms with Crippen molar-refractivity contribution in [3.05, 3.63) is 115 Å². The summed E-state index contributed by atoms with van der Waals surface area (Å²) < 4.78 is 20.1. The number of halogens is 2. The fraction of sp³-hybridized carbons (Fsp3) is 0.250. The van der Waals surface area contributed by atoms with Gasteiger partial charge in [0.1, 0.15) is 12.4 Å². The number of rotatable bonds is 11. The summed E-state index contributed by atoms with van der Waals surface area (Å²) in [6.45, 7) is 11.5. The predicted octanol–water partition coefficient (Wildman–Crippen LogP) is 9.17. The Morgan fingerprint density at radius 3 is 2.38 bits per heavy atom. The Hall–Kier alpha value is -4.14. The first-order chi connectivity index (χ1) is 21.7. The first-order valence-electron chi connectivity index (χ1n) is 14.9. The zero-order valence-electron chi connectivity index (χ0n) is 25.9. The predicted molar refractivity (Wildman–Crippen MR) is 186 cm³/mol. The van der Waals surface area contributed by atoms with E-state index in [4.69, 9.17) is 35.9 Å². The first-order valence-corrected chi connectivity index (χ1v) is 16.0. The van der Waals surface area contributed by atoms with Crippen LogP contribution in [0.1, 0.15) is 55.9 Å². The van der Waals surface area contributed by atoms with E-state index in [-0.39, 0.29) is 11.5 Å². The van der Waals surface area contributed by atoms with Crippen LogP contribution in [0.5, 0.6) is 17.2 Å². The van der Waals surface area contributed by atoms with Gasteiger partial charge < -0.3 is 14.2 Å². The van der Waals surface area contributed by atoms with Crippen molar-refractivity contribution < 1.29 is 14.2 Å². The van der Waals surface area contributed by atoms with Gasteiger partial charge in [-0.25, -0.2) is 4.98 Å². The van der Waals surface area contributed by atoms with Crippen molar-refractivity contribution in [2.75, 3.05) is 13.2 Å². The number of nitrogens with zero attached hydrogens (tertiary/aromatic N) is 3. The summed E-state index contributed by atoms with van der Waals surface area (Å²) in [5.74, 6) is 2.60. The van der Waals surface area contributed by atoms with E-state index in [0.29, 0.717) is 63.1 Å². The molecule has 45 heavy (non-hydrogen) atoms. The Bertz CT molecular complexity index is 1920. The van der Waals surface area contributed by atoms with E-state index in [9.17, 15) is 4.79 Å². The van der Waals surface area contributed by atoms with Crippen LogP contribution in [0.25, 0.3) is 22.3 Å². The van der Waals surface area contributed by atoms with Gasteiger partial charge in [-0.05, 0) is 113 Å². The Balaban J connectivity index is 1.59. The van der Waals surface area contributed by atoms with Crippen molar-refractivity contribution in [3.8, 4) is 28.6 Å². The van der Waals surface area contributed by atoms with Gasteiger partial charge in [0.05, 0.1) is 34.8 Å². The summed E-state index contributed by atoms with van der Waals surface area (Å²) in [6, 6.07) is 22.6. The van der Waals surface area contributed by atoms with Crippen molar-refractivity contribution in [3.63, 3.8) is 0 Å². The highest BCUT2D eigenvalue weighted by Gasteiger charge is 2.19. The Morgan fingerprint density at radius 1 is 0.956 bits per heavy atom. The normalized spacial score (nSPS) is 11.5. The van der Waals surface area contributed by atoms with Gasteiger partial charge >= 0.3 is 0 Å². The zero-order valence-corrected chi connectivity index (χ0v) is 28.3. The lowest BCUT2D eigenvalue weighted by atomic mass is 9.96. The standard InChI is InChI=1S/C36H35BrClN3O4/c1-6-43-32-16-23(5)29(19-28(32)22(3)4)35-40-31-11-9-8-10-27(31)36(42)41(35)39-20-25-17-30(37)34(33(18-25)44-7-2)45-21-24-12-14-26(38)15-13-24/h8-20,22H,6-7,21H2,1-5H3. The highest BCUT2D eigenvalue weighted by Crippen LogP contribution is 2.38. The molecular weight excluding hydrogens is 654 g/mol. The number of aromatic nitrogens is 2. The van der Waals surface area contributed by atoms with Crippen molar-refractivity contribution >= 4 is 44.6 Å². The van der Waals surface area contributed by atoms with E-state index in [1.807, 2.05) is 81.4 Å². The van der Waals surface area contributed by atoms with Crippen molar-refractivity contribution in [2.24, 2.45) is 5.10 Å². The molecule has 0 aliphatic rings. The third-order valence-corrected chi connectivity index (χ3v) is 8.06. The maximum absolute atomic E-state index is 13.9. The van der Waals surface area contributed by atoms with Crippen molar-refractivity contribution in [1.82, 2.24) is 9.66 Å². The Morgan fingerprint density at radius 2 is 1.67 bits per heavy atom. The molecule has 0 saturated heterocycles. The molecule has 7 nitrogen and oxygen atoms in total. The largest absolute Gasteiger partial charge is 0.494 e. The number of hydrogen-bond donors (Lipinski definition) is 0. The molecule has 1 heterocycles. The average molecular weight is 689 g/mol. The monoisotopic (exact) mass is 687 g/mol. The van der Waals surface area contributed by atoms with Crippen LogP contribution in [0.3, 0.4) is 0 Å². The highest BCUT2D eigenvalue weighted by molar-refractivity contribution is 9.10. The third-order valence-electron chi connectivity index (χ3n) is 7.22. The molecule has 4 aromatic carbocycles. The van der Waals surface area contributed by atoms with Crippen molar-refractivity contribution in [2.45, 2.75) is 47.1 Å². The van der Waals surface area contributed by atoms with Crippen LogP contribution < -0.4 is 19.8 Å². The van der Waals surface area contributed by atoms with Crippen LogP contribution in [0.4, 0.5) is 0 Å². The Kier molecular flexibility index (Phi) is 10.3. The molecule has 0 radical (unpaired) electrons. The number of hydrogen-bond acceptors (Lipinski definition) is 6. The molecule has 0 N–H and O–H groups in total. The van der Waals surface area contributed by atoms with Crippen LogP contribution in [0.2, 0.25) is 5.02 Å². The maximum Gasteiger partial charge on any atom is 0.282 e. The van der Waals surface area contributed by atoms with Gasteiger partial charge in [-0.15, -0.1) is 0 Å². The minimum atomic E-state index is -0.266. The van der Waals surface area contributed by atoms with E-state index >= 15 is 0 Å². The first kappa shape index (κ1) is 32.3. The fourth-order valence-corrected chi connectivity index (χ4v) is 5.70. The fourth-order valence-electron chi connectivity index (χ4n) is 5.00. The molecule has 0 saturated carbocycles. The number of ether oxygens (including phenoxy) is 3. The van der Waals surface area contributed by atoms with Crippen LogP contribution in [-0.2, 0) is 6.61 Å². The smallest absolute Gasteiger partial charge is 0.282 e. The molecule has 0 bridgehead atoms.